The third-order valence-electron chi connectivity index (χ3n) is 3.00. The van der Waals surface area contributed by atoms with Crippen LogP contribution in [0.4, 0.5) is 0 Å². The molecular weight excluding hydrogens is 232 g/mol. The molecule has 5 heteroatoms. The summed E-state index contributed by atoms with van der Waals surface area (Å²) in [6, 6.07) is 7.26. The highest BCUT2D eigenvalue weighted by atomic mass is 16.5. The zero-order valence-corrected chi connectivity index (χ0v) is 10.5. The molecule has 0 bridgehead atoms. The molecule has 0 aromatic heterocycles. The Labute approximate surface area is 106 Å². The molecule has 0 saturated carbocycles. The van der Waals surface area contributed by atoms with E-state index in [1.54, 1.807) is 36.3 Å². The first-order valence-electron chi connectivity index (χ1n) is 5.99. The van der Waals surface area contributed by atoms with E-state index >= 15 is 0 Å². The van der Waals surface area contributed by atoms with Crippen molar-refractivity contribution in [1.82, 2.24) is 4.90 Å². The molecule has 98 valence electrons. The number of amides is 1. The highest BCUT2D eigenvalue weighted by Gasteiger charge is 2.23. The zero-order valence-electron chi connectivity index (χ0n) is 10.5. The van der Waals surface area contributed by atoms with Gasteiger partial charge in [0.2, 0.25) is 0 Å². The summed E-state index contributed by atoms with van der Waals surface area (Å²) >= 11 is 0. The van der Waals surface area contributed by atoms with E-state index in [0.29, 0.717) is 12.3 Å². The van der Waals surface area contributed by atoms with Crippen molar-refractivity contribution in [3.05, 3.63) is 24.3 Å². The van der Waals surface area contributed by atoms with Gasteiger partial charge in [0.1, 0.15) is 11.5 Å². The lowest BCUT2D eigenvalue weighted by atomic mass is 10.3. The predicted octanol–water partition coefficient (Wildman–Crippen LogP) is 0.634. The molecule has 0 aliphatic carbocycles. The summed E-state index contributed by atoms with van der Waals surface area (Å²) in [5.41, 5.74) is 5.75. The van der Waals surface area contributed by atoms with Gasteiger partial charge in [-0.15, -0.1) is 0 Å². The van der Waals surface area contributed by atoms with Crippen molar-refractivity contribution in [2.45, 2.75) is 12.5 Å². The van der Waals surface area contributed by atoms with Crippen LogP contribution >= 0.6 is 0 Å². The molecule has 5 nitrogen and oxygen atoms in total. The van der Waals surface area contributed by atoms with E-state index in [4.69, 9.17) is 15.2 Å². The number of benzene rings is 1. The monoisotopic (exact) mass is 250 g/mol. The minimum Gasteiger partial charge on any atom is -0.497 e. The SMILES string of the molecule is COc1ccc(OCC(=O)N2CCC(N)C2)cc1. The van der Waals surface area contributed by atoms with Crippen molar-refractivity contribution in [3.63, 3.8) is 0 Å². The maximum atomic E-state index is 11.8. The van der Waals surface area contributed by atoms with Gasteiger partial charge in [0, 0.05) is 19.1 Å². The Morgan fingerprint density at radius 1 is 1.39 bits per heavy atom. The Balaban J connectivity index is 1.81. The quantitative estimate of drug-likeness (QED) is 0.851. The summed E-state index contributed by atoms with van der Waals surface area (Å²) in [6.07, 6.45) is 0.869. The van der Waals surface area contributed by atoms with Crippen LogP contribution in [0.15, 0.2) is 24.3 Å². The zero-order chi connectivity index (χ0) is 13.0. The summed E-state index contributed by atoms with van der Waals surface area (Å²) in [5.74, 6) is 1.41. The fraction of sp³-hybridized carbons (Fsp3) is 0.462. The van der Waals surface area contributed by atoms with E-state index in [-0.39, 0.29) is 18.6 Å². The summed E-state index contributed by atoms with van der Waals surface area (Å²) in [7, 11) is 1.61. The molecule has 2 N–H and O–H groups in total. The second-order valence-corrected chi connectivity index (χ2v) is 4.35. The van der Waals surface area contributed by atoms with Gasteiger partial charge in [-0.2, -0.15) is 0 Å². The number of nitrogens with zero attached hydrogens (tertiary/aromatic N) is 1. The van der Waals surface area contributed by atoms with Gasteiger partial charge in [0.05, 0.1) is 7.11 Å². The largest absolute Gasteiger partial charge is 0.497 e. The summed E-state index contributed by atoms with van der Waals surface area (Å²) < 4.78 is 10.5. The van der Waals surface area contributed by atoms with Crippen molar-refractivity contribution >= 4 is 5.91 Å². The first kappa shape index (κ1) is 12.7. The maximum absolute atomic E-state index is 11.8. The average Bonchev–Trinajstić information content (AvgIpc) is 2.83. The standard InChI is InChI=1S/C13H18N2O3/c1-17-11-2-4-12(5-3-11)18-9-13(16)15-7-6-10(14)8-15/h2-5,10H,6-9,14H2,1H3. The van der Waals surface area contributed by atoms with Crippen molar-refractivity contribution in [3.8, 4) is 11.5 Å². The number of ether oxygens (including phenoxy) is 2. The van der Waals surface area contributed by atoms with E-state index in [1.807, 2.05) is 0 Å². The van der Waals surface area contributed by atoms with Gasteiger partial charge < -0.3 is 20.1 Å². The molecule has 1 unspecified atom stereocenters. The molecule has 1 fully saturated rings. The molecule has 18 heavy (non-hydrogen) atoms. The molecule has 1 amide bonds. The molecule has 1 aromatic carbocycles. The van der Waals surface area contributed by atoms with Crippen LogP contribution in [-0.4, -0.2) is 43.7 Å². The van der Waals surface area contributed by atoms with E-state index in [2.05, 4.69) is 0 Å². The van der Waals surface area contributed by atoms with Crippen LogP contribution in [0, 0.1) is 0 Å². The number of nitrogens with two attached hydrogens (primary N) is 1. The molecule has 1 aromatic rings. The molecule has 1 aliphatic rings. The number of methoxy groups -OCH3 is 1. The van der Waals surface area contributed by atoms with Crippen molar-refractivity contribution < 1.29 is 14.3 Å². The number of likely N-dealkylation sites (tertiary alicyclic amines) is 1. The predicted molar refractivity (Wildman–Crippen MR) is 67.7 cm³/mol. The van der Waals surface area contributed by atoms with E-state index in [0.717, 1.165) is 18.7 Å². The van der Waals surface area contributed by atoms with Gasteiger partial charge in [0.25, 0.3) is 5.91 Å². The minimum absolute atomic E-state index is 0.0150. The second kappa shape index (κ2) is 5.73. The summed E-state index contributed by atoms with van der Waals surface area (Å²) in [4.78, 5) is 13.6. The third-order valence-corrected chi connectivity index (χ3v) is 3.00. The van der Waals surface area contributed by atoms with Gasteiger partial charge in [-0.1, -0.05) is 0 Å². The normalized spacial score (nSPS) is 18.8. The molecule has 1 heterocycles. The molecule has 0 radical (unpaired) electrons. The number of carbonyl (C=O) groups excluding carboxylic acids is 1. The fourth-order valence-corrected chi connectivity index (χ4v) is 1.92. The molecule has 1 aliphatic heterocycles. The van der Waals surface area contributed by atoms with E-state index < -0.39 is 0 Å². The van der Waals surface area contributed by atoms with Crippen LogP contribution in [0.5, 0.6) is 11.5 Å². The van der Waals surface area contributed by atoms with Crippen LogP contribution in [0.25, 0.3) is 0 Å². The third kappa shape index (κ3) is 3.13. The lowest BCUT2D eigenvalue weighted by Gasteiger charge is -2.16. The van der Waals surface area contributed by atoms with E-state index in [9.17, 15) is 4.79 Å². The lowest BCUT2D eigenvalue weighted by Crippen LogP contribution is -2.35. The first-order valence-corrected chi connectivity index (χ1v) is 5.99. The Morgan fingerprint density at radius 2 is 2.06 bits per heavy atom. The topological polar surface area (TPSA) is 64.8 Å². The van der Waals surface area contributed by atoms with Gasteiger partial charge in [-0.25, -0.2) is 0 Å². The van der Waals surface area contributed by atoms with Crippen LogP contribution in [0.1, 0.15) is 6.42 Å². The number of carbonyl (C=O) groups is 1. The van der Waals surface area contributed by atoms with Crippen molar-refractivity contribution in [2.24, 2.45) is 5.73 Å². The Hall–Kier alpha value is -1.75. The molecule has 1 saturated heterocycles. The minimum atomic E-state index is -0.0150. The van der Waals surface area contributed by atoms with Crippen molar-refractivity contribution in [2.75, 3.05) is 26.8 Å². The Bertz CT molecular complexity index is 405. The van der Waals surface area contributed by atoms with Crippen LogP contribution in [0.2, 0.25) is 0 Å². The molecule has 1 atom stereocenters. The smallest absolute Gasteiger partial charge is 0.260 e. The highest BCUT2D eigenvalue weighted by Crippen LogP contribution is 2.17. The molecule has 0 spiro atoms. The van der Waals surface area contributed by atoms with Crippen LogP contribution in [-0.2, 0) is 4.79 Å². The first-order chi connectivity index (χ1) is 8.69. The fourth-order valence-electron chi connectivity index (χ4n) is 1.92. The van der Waals surface area contributed by atoms with Gasteiger partial charge in [-0.3, -0.25) is 4.79 Å². The summed E-state index contributed by atoms with van der Waals surface area (Å²) in [5, 5.41) is 0. The number of rotatable bonds is 4. The van der Waals surface area contributed by atoms with Gasteiger partial charge >= 0.3 is 0 Å². The van der Waals surface area contributed by atoms with Crippen LogP contribution < -0.4 is 15.2 Å². The number of hydrogen-bond donors (Lipinski definition) is 1. The van der Waals surface area contributed by atoms with E-state index in [1.165, 1.54) is 0 Å². The second-order valence-electron chi connectivity index (χ2n) is 4.35. The summed E-state index contributed by atoms with van der Waals surface area (Å²) in [6.45, 7) is 1.41. The maximum Gasteiger partial charge on any atom is 0.260 e. The Morgan fingerprint density at radius 3 is 2.61 bits per heavy atom. The Kier molecular flexibility index (Phi) is 4.04. The number of hydrogen-bond acceptors (Lipinski definition) is 4. The molecule has 2 rings (SSSR count). The molecular formula is C13H18N2O3. The average molecular weight is 250 g/mol. The lowest BCUT2D eigenvalue weighted by molar-refractivity contribution is -0.132. The van der Waals surface area contributed by atoms with Gasteiger partial charge in [0.15, 0.2) is 6.61 Å². The van der Waals surface area contributed by atoms with Crippen LogP contribution in [0.3, 0.4) is 0 Å². The van der Waals surface area contributed by atoms with Crippen molar-refractivity contribution in [1.29, 1.82) is 0 Å². The van der Waals surface area contributed by atoms with Gasteiger partial charge in [-0.05, 0) is 30.7 Å². The highest BCUT2D eigenvalue weighted by molar-refractivity contribution is 5.78.